The van der Waals surface area contributed by atoms with E-state index >= 15 is 0 Å². The first-order valence-electron chi connectivity index (χ1n) is 6.20. The average molecular weight is 237 g/mol. The number of hydrogen-bond acceptors (Lipinski definition) is 2. The van der Waals surface area contributed by atoms with Gasteiger partial charge in [-0.2, -0.15) is 0 Å². The van der Waals surface area contributed by atoms with E-state index in [4.69, 9.17) is 5.11 Å². The molecule has 1 saturated carbocycles. The lowest BCUT2D eigenvalue weighted by Gasteiger charge is -2.23. The highest BCUT2D eigenvalue weighted by atomic mass is 16.4. The Morgan fingerprint density at radius 1 is 1.29 bits per heavy atom. The Morgan fingerprint density at radius 2 is 2.00 bits per heavy atom. The highest BCUT2D eigenvalue weighted by Gasteiger charge is 2.40. The fourth-order valence-electron chi connectivity index (χ4n) is 2.86. The number of fused-ring (bicyclic) bond motifs is 2. The van der Waals surface area contributed by atoms with Gasteiger partial charge in [-0.05, 0) is 30.6 Å². The minimum atomic E-state index is -0.952. The maximum atomic E-state index is 12.0. The first-order chi connectivity index (χ1) is 7.99. The Morgan fingerprint density at radius 3 is 2.41 bits per heavy atom. The molecule has 2 bridgehead atoms. The summed E-state index contributed by atoms with van der Waals surface area (Å²) in [6.07, 6.45) is 6.20. The lowest BCUT2D eigenvalue weighted by atomic mass is 9.92. The van der Waals surface area contributed by atoms with Crippen LogP contribution in [-0.2, 0) is 9.59 Å². The summed E-state index contributed by atoms with van der Waals surface area (Å²) in [5.74, 6) is -0.314. The molecule has 1 fully saturated rings. The van der Waals surface area contributed by atoms with Crippen LogP contribution in [0.4, 0.5) is 0 Å². The van der Waals surface area contributed by atoms with E-state index in [1.807, 2.05) is 0 Å². The van der Waals surface area contributed by atoms with Gasteiger partial charge < -0.3 is 10.4 Å². The van der Waals surface area contributed by atoms with Crippen LogP contribution < -0.4 is 5.32 Å². The molecule has 2 aliphatic carbocycles. The number of nitrogens with one attached hydrogen (secondary N) is 1. The second-order valence-corrected chi connectivity index (χ2v) is 5.46. The Hall–Kier alpha value is -1.32. The molecule has 2 rings (SSSR count). The van der Waals surface area contributed by atoms with Crippen molar-refractivity contribution in [2.24, 2.45) is 23.7 Å². The zero-order valence-electron chi connectivity index (χ0n) is 10.2. The molecule has 0 aromatic heterocycles. The van der Waals surface area contributed by atoms with Crippen LogP contribution in [-0.4, -0.2) is 23.0 Å². The number of allylic oxidation sites excluding steroid dienone is 2. The van der Waals surface area contributed by atoms with Crippen LogP contribution in [0.25, 0.3) is 0 Å². The molecule has 4 unspecified atom stereocenters. The van der Waals surface area contributed by atoms with Gasteiger partial charge in [0.05, 0.1) is 0 Å². The van der Waals surface area contributed by atoms with Crippen molar-refractivity contribution in [1.29, 1.82) is 0 Å². The van der Waals surface area contributed by atoms with Gasteiger partial charge in [0.1, 0.15) is 6.04 Å². The highest BCUT2D eigenvalue weighted by molar-refractivity contribution is 5.85. The molecule has 0 radical (unpaired) electrons. The molecule has 0 heterocycles. The van der Waals surface area contributed by atoms with Gasteiger partial charge in [-0.1, -0.05) is 26.0 Å². The third kappa shape index (κ3) is 2.35. The van der Waals surface area contributed by atoms with Crippen molar-refractivity contribution in [3.05, 3.63) is 12.2 Å². The summed E-state index contributed by atoms with van der Waals surface area (Å²) < 4.78 is 0. The third-order valence-electron chi connectivity index (χ3n) is 3.85. The van der Waals surface area contributed by atoms with Crippen molar-refractivity contribution in [2.45, 2.75) is 32.7 Å². The number of carboxylic acid groups (broad SMARTS) is 1. The van der Waals surface area contributed by atoms with Crippen LogP contribution in [0.5, 0.6) is 0 Å². The van der Waals surface area contributed by atoms with Gasteiger partial charge >= 0.3 is 5.97 Å². The summed E-state index contributed by atoms with van der Waals surface area (Å²) in [7, 11) is 0. The molecule has 94 valence electrons. The third-order valence-corrected chi connectivity index (χ3v) is 3.85. The molecule has 1 amide bonds. The first kappa shape index (κ1) is 12.1. The Kier molecular flexibility index (Phi) is 3.22. The largest absolute Gasteiger partial charge is 0.480 e. The number of amides is 1. The minimum Gasteiger partial charge on any atom is -0.480 e. The smallest absolute Gasteiger partial charge is 0.326 e. The molecule has 0 aliphatic heterocycles. The number of rotatable bonds is 4. The summed E-state index contributed by atoms with van der Waals surface area (Å²) in [6, 6.07) is -0.773. The lowest BCUT2D eigenvalue weighted by molar-refractivity contribution is -0.143. The number of hydrogen-bond donors (Lipinski definition) is 2. The maximum absolute atomic E-state index is 12.0. The van der Waals surface area contributed by atoms with Crippen molar-refractivity contribution in [2.75, 3.05) is 0 Å². The number of carbonyl (C=O) groups excluding carboxylic acids is 1. The van der Waals surface area contributed by atoms with Gasteiger partial charge in [0.2, 0.25) is 5.91 Å². The molecule has 4 atom stereocenters. The zero-order valence-corrected chi connectivity index (χ0v) is 10.2. The summed E-state index contributed by atoms with van der Waals surface area (Å²) >= 11 is 0. The molecule has 0 saturated heterocycles. The van der Waals surface area contributed by atoms with Crippen molar-refractivity contribution in [1.82, 2.24) is 5.32 Å². The van der Waals surface area contributed by atoms with E-state index in [0.717, 1.165) is 12.8 Å². The molecule has 2 aliphatic rings. The quantitative estimate of drug-likeness (QED) is 0.727. The monoisotopic (exact) mass is 237 g/mol. The molecular weight excluding hydrogens is 218 g/mol. The maximum Gasteiger partial charge on any atom is 0.326 e. The fraction of sp³-hybridized carbons (Fsp3) is 0.692. The van der Waals surface area contributed by atoms with E-state index in [-0.39, 0.29) is 17.7 Å². The SMILES string of the molecule is CC(C)C(NC(=O)C1CC2C=CC1C2)C(=O)O. The number of aliphatic carboxylic acids is 1. The van der Waals surface area contributed by atoms with Gasteiger partial charge in [0.15, 0.2) is 0 Å². The van der Waals surface area contributed by atoms with Gasteiger partial charge in [0.25, 0.3) is 0 Å². The summed E-state index contributed by atoms with van der Waals surface area (Å²) in [4.78, 5) is 23.1. The van der Waals surface area contributed by atoms with Crippen molar-refractivity contribution in [3.8, 4) is 0 Å². The van der Waals surface area contributed by atoms with Crippen LogP contribution in [0, 0.1) is 23.7 Å². The molecule has 0 aromatic carbocycles. The number of carboxylic acids is 1. The standard InChI is InChI=1S/C13H19NO3/c1-7(2)11(13(16)17)14-12(15)10-6-8-3-4-9(10)5-8/h3-4,7-11H,5-6H2,1-2H3,(H,14,15)(H,16,17). The van der Waals surface area contributed by atoms with Crippen LogP contribution in [0.3, 0.4) is 0 Å². The molecular formula is C13H19NO3. The van der Waals surface area contributed by atoms with Crippen LogP contribution in [0.2, 0.25) is 0 Å². The second-order valence-electron chi connectivity index (χ2n) is 5.46. The molecule has 0 aromatic rings. The van der Waals surface area contributed by atoms with E-state index in [1.54, 1.807) is 13.8 Å². The zero-order chi connectivity index (χ0) is 12.6. The first-order valence-corrected chi connectivity index (χ1v) is 6.20. The molecule has 4 heteroatoms. The second kappa shape index (κ2) is 4.51. The van der Waals surface area contributed by atoms with Crippen LogP contribution in [0.1, 0.15) is 26.7 Å². The van der Waals surface area contributed by atoms with E-state index in [2.05, 4.69) is 17.5 Å². The van der Waals surface area contributed by atoms with E-state index < -0.39 is 12.0 Å². The average Bonchev–Trinajstić information content (AvgIpc) is 2.85. The van der Waals surface area contributed by atoms with Gasteiger partial charge in [0, 0.05) is 5.92 Å². The van der Waals surface area contributed by atoms with E-state index in [1.165, 1.54) is 0 Å². The van der Waals surface area contributed by atoms with E-state index in [9.17, 15) is 9.59 Å². The Labute approximate surface area is 101 Å². The number of carbonyl (C=O) groups is 2. The topological polar surface area (TPSA) is 66.4 Å². The molecule has 2 N–H and O–H groups in total. The fourth-order valence-corrected chi connectivity index (χ4v) is 2.86. The Balaban J connectivity index is 1.97. The van der Waals surface area contributed by atoms with Gasteiger partial charge in [-0.15, -0.1) is 0 Å². The summed E-state index contributed by atoms with van der Waals surface area (Å²) in [6.45, 7) is 3.61. The molecule has 4 nitrogen and oxygen atoms in total. The predicted octanol–water partition coefficient (Wildman–Crippen LogP) is 1.42. The lowest BCUT2D eigenvalue weighted by Crippen LogP contribution is -2.47. The van der Waals surface area contributed by atoms with Gasteiger partial charge in [-0.25, -0.2) is 4.79 Å². The summed E-state index contributed by atoms with van der Waals surface area (Å²) in [5.41, 5.74) is 0. The minimum absolute atomic E-state index is 0.0226. The van der Waals surface area contributed by atoms with Crippen LogP contribution >= 0.6 is 0 Å². The van der Waals surface area contributed by atoms with Crippen LogP contribution in [0.15, 0.2) is 12.2 Å². The molecule has 0 spiro atoms. The normalized spacial score (nSPS) is 31.8. The Bertz CT molecular complexity index is 362. The van der Waals surface area contributed by atoms with Gasteiger partial charge in [-0.3, -0.25) is 4.79 Å². The highest BCUT2D eigenvalue weighted by Crippen LogP contribution is 2.43. The molecule has 17 heavy (non-hydrogen) atoms. The predicted molar refractivity (Wildman–Crippen MR) is 63.2 cm³/mol. The van der Waals surface area contributed by atoms with Crippen molar-refractivity contribution >= 4 is 11.9 Å². The van der Waals surface area contributed by atoms with Crippen molar-refractivity contribution in [3.63, 3.8) is 0 Å². The van der Waals surface area contributed by atoms with Crippen molar-refractivity contribution < 1.29 is 14.7 Å². The summed E-state index contributed by atoms with van der Waals surface area (Å²) in [5, 5.41) is 11.7. The van der Waals surface area contributed by atoms with E-state index in [0.29, 0.717) is 11.8 Å².